The zero-order valence-corrected chi connectivity index (χ0v) is 13.4. The first-order valence-corrected chi connectivity index (χ1v) is 7.95. The lowest BCUT2D eigenvalue weighted by Crippen LogP contribution is -2.55. The Hall–Kier alpha value is -2.22. The summed E-state index contributed by atoms with van der Waals surface area (Å²) in [4.78, 5) is 24.5. The lowest BCUT2D eigenvalue weighted by Gasteiger charge is -2.40. The van der Waals surface area contributed by atoms with Crippen LogP contribution >= 0.6 is 0 Å². The topological polar surface area (TPSA) is 96.3 Å². The molecule has 1 atom stereocenters. The average Bonchev–Trinajstić information content (AvgIpc) is 2.51. The second kappa shape index (κ2) is 6.72. The van der Waals surface area contributed by atoms with Gasteiger partial charge in [0.1, 0.15) is 23.2 Å². The van der Waals surface area contributed by atoms with Crippen molar-refractivity contribution in [2.24, 2.45) is 5.92 Å². The molecule has 7 nitrogen and oxygen atoms in total. The summed E-state index contributed by atoms with van der Waals surface area (Å²) in [5.74, 6) is -1.67. The highest BCUT2D eigenvalue weighted by Gasteiger charge is 2.33. The molecule has 0 saturated carbocycles. The van der Waals surface area contributed by atoms with E-state index in [0.29, 0.717) is 31.1 Å². The van der Waals surface area contributed by atoms with Crippen molar-refractivity contribution in [2.75, 3.05) is 19.6 Å². The van der Waals surface area contributed by atoms with Crippen LogP contribution in [0, 0.1) is 5.92 Å². The number of benzene rings is 1. The third kappa shape index (κ3) is 3.33. The molecule has 2 N–H and O–H groups in total. The van der Waals surface area contributed by atoms with Gasteiger partial charge in [0.05, 0.1) is 5.92 Å². The second-order valence-corrected chi connectivity index (χ2v) is 6.25. The third-order valence-electron chi connectivity index (χ3n) is 4.32. The molecule has 2 heterocycles. The van der Waals surface area contributed by atoms with E-state index in [1.807, 2.05) is 11.0 Å². The zero-order valence-electron chi connectivity index (χ0n) is 13.4. The summed E-state index contributed by atoms with van der Waals surface area (Å²) >= 11 is 0. The van der Waals surface area contributed by atoms with Gasteiger partial charge in [0.2, 0.25) is 0 Å². The fourth-order valence-electron chi connectivity index (χ4n) is 2.99. The average molecular weight is 332 g/mol. The Morgan fingerprint density at radius 3 is 2.83 bits per heavy atom. The third-order valence-corrected chi connectivity index (χ3v) is 4.32. The van der Waals surface area contributed by atoms with E-state index in [2.05, 4.69) is 0 Å². The molecule has 0 amide bonds. The molecule has 127 valence electrons. The molecular formula is C16H19BNO6. The number of fused-ring (bicyclic) bond motifs is 1. The summed E-state index contributed by atoms with van der Waals surface area (Å²) in [6.45, 7) is 3.29. The molecule has 1 unspecified atom stereocenters. The minimum atomic E-state index is -1.08. The number of ether oxygens (including phenoxy) is 1. The van der Waals surface area contributed by atoms with Crippen LogP contribution in [0.2, 0.25) is 6.32 Å². The fraction of sp³-hybridized carbons (Fsp3) is 0.500. The van der Waals surface area contributed by atoms with Gasteiger partial charge in [-0.05, 0) is 24.4 Å². The number of nitrogens with zero attached hydrogens (tertiary/aromatic N) is 1. The van der Waals surface area contributed by atoms with E-state index in [0.717, 1.165) is 18.3 Å². The van der Waals surface area contributed by atoms with Crippen LogP contribution in [0.15, 0.2) is 12.1 Å². The minimum Gasteiger partial charge on any atom is -0.562 e. The van der Waals surface area contributed by atoms with E-state index in [1.165, 1.54) is 0 Å². The number of hydrogen-bond acceptors (Lipinski definition) is 5. The highest BCUT2D eigenvalue weighted by atomic mass is 16.5. The molecule has 0 spiro atoms. The molecule has 24 heavy (non-hydrogen) atoms. The monoisotopic (exact) mass is 332 g/mol. The predicted octanol–water partition coefficient (Wildman–Crippen LogP) is 1.14. The molecule has 3 rings (SSSR count). The van der Waals surface area contributed by atoms with Crippen LogP contribution < -0.4 is 9.39 Å². The van der Waals surface area contributed by atoms with Crippen molar-refractivity contribution in [1.82, 2.24) is 4.90 Å². The molecule has 1 radical (unpaired) electrons. The largest absolute Gasteiger partial charge is 0.562 e. The Morgan fingerprint density at radius 2 is 2.17 bits per heavy atom. The van der Waals surface area contributed by atoms with Gasteiger partial charge < -0.3 is 19.6 Å². The number of carboxylic acids is 2. The maximum Gasteiger partial charge on any atom is 0.370 e. The number of likely N-dealkylation sites (tertiary alicyclic amines) is 1. The van der Waals surface area contributed by atoms with Gasteiger partial charge in [-0.3, -0.25) is 9.69 Å². The number of rotatable bonds is 6. The zero-order chi connectivity index (χ0) is 17.3. The Balaban J connectivity index is 1.66. The van der Waals surface area contributed by atoms with Crippen molar-refractivity contribution >= 4 is 19.4 Å². The first kappa shape index (κ1) is 16.6. The van der Waals surface area contributed by atoms with Gasteiger partial charge >= 0.3 is 19.4 Å². The Bertz CT molecular complexity index is 658. The van der Waals surface area contributed by atoms with Gasteiger partial charge in [0.25, 0.3) is 0 Å². The lowest BCUT2D eigenvalue weighted by molar-refractivity contribution is -0.142. The van der Waals surface area contributed by atoms with Gasteiger partial charge in [-0.2, -0.15) is 0 Å². The van der Waals surface area contributed by atoms with E-state index in [-0.39, 0.29) is 11.7 Å². The number of aromatic carboxylic acids is 1. The first-order valence-electron chi connectivity index (χ1n) is 7.95. The van der Waals surface area contributed by atoms with Crippen molar-refractivity contribution in [3.05, 3.63) is 23.3 Å². The summed E-state index contributed by atoms with van der Waals surface area (Å²) in [7, 11) is 1.61. The highest BCUT2D eigenvalue weighted by Crippen LogP contribution is 2.36. The number of aryl methyl sites for hydroxylation is 1. The quantitative estimate of drug-likeness (QED) is 0.754. The van der Waals surface area contributed by atoms with Gasteiger partial charge in [0, 0.05) is 19.6 Å². The molecular weight excluding hydrogens is 313 g/mol. The molecule has 0 aliphatic carbocycles. The van der Waals surface area contributed by atoms with Crippen LogP contribution in [0.5, 0.6) is 11.5 Å². The van der Waals surface area contributed by atoms with Crippen LogP contribution in [-0.2, 0) is 11.2 Å². The van der Waals surface area contributed by atoms with Crippen molar-refractivity contribution in [3.63, 3.8) is 0 Å². The van der Waals surface area contributed by atoms with Crippen LogP contribution in [0.4, 0.5) is 0 Å². The maximum absolute atomic E-state index is 11.6. The summed E-state index contributed by atoms with van der Waals surface area (Å²) < 4.78 is 11.2. The molecule has 8 heteroatoms. The number of aliphatic carboxylic acids is 1. The normalized spacial score (nSPS) is 18.5. The molecule has 1 fully saturated rings. The second-order valence-electron chi connectivity index (χ2n) is 6.25. The fourth-order valence-corrected chi connectivity index (χ4v) is 2.99. The number of hydrogen-bond donors (Lipinski definition) is 2. The first-order chi connectivity index (χ1) is 11.5. The molecule has 0 aromatic heterocycles. The standard InChI is InChI=1S/C16H19BNO6/c1-9(15(19)20)6-18-7-11(8-18)23-12-3-2-10-4-5-17-24-14(10)13(12)16(21)22/h2-3,9,11H,4-8H2,1H3,(H,19,20)(H,21,22). The molecule has 2 aliphatic rings. The lowest BCUT2D eigenvalue weighted by atomic mass is 9.85. The van der Waals surface area contributed by atoms with E-state index in [1.54, 1.807) is 20.5 Å². The van der Waals surface area contributed by atoms with Gasteiger partial charge in [-0.15, -0.1) is 0 Å². The predicted molar refractivity (Wildman–Crippen MR) is 86.0 cm³/mol. The number of carboxylic acid groups (broad SMARTS) is 2. The van der Waals surface area contributed by atoms with Crippen LogP contribution in [0.25, 0.3) is 0 Å². The summed E-state index contributed by atoms with van der Waals surface area (Å²) in [5.41, 5.74) is 0.925. The van der Waals surface area contributed by atoms with Crippen molar-refractivity contribution in [3.8, 4) is 11.5 Å². The molecule has 1 aromatic carbocycles. The highest BCUT2D eigenvalue weighted by molar-refractivity contribution is 6.29. The smallest absolute Gasteiger partial charge is 0.370 e. The summed E-state index contributed by atoms with van der Waals surface area (Å²) in [6, 6.07) is 3.52. The van der Waals surface area contributed by atoms with Crippen molar-refractivity contribution in [1.29, 1.82) is 0 Å². The van der Waals surface area contributed by atoms with Gasteiger partial charge in [0.15, 0.2) is 0 Å². The van der Waals surface area contributed by atoms with E-state index in [9.17, 15) is 14.7 Å². The SMILES string of the molecule is CC(CN1CC(Oc2ccc3c(c2C(=O)O)O[B]CC3)C1)C(=O)O. The maximum atomic E-state index is 11.6. The Morgan fingerprint density at radius 1 is 1.42 bits per heavy atom. The van der Waals surface area contributed by atoms with Crippen molar-refractivity contribution in [2.45, 2.75) is 25.8 Å². The summed E-state index contributed by atoms with van der Waals surface area (Å²) in [6.07, 6.45) is 1.36. The van der Waals surface area contributed by atoms with Crippen LogP contribution in [0.1, 0.15) is 22.8 Å². The number of carbonyl (C=O) groups is 2. The summed E-state index contributed by atoms with van der Waals surface area (Å²) in [5, 5.41) is 18.4. The van der Waals surface area contributed by atoms with Gasteiger partial charge in [-0.25, -0.2) is 4.79 Å². The molecule has 0 bridgehead atoms. The Kier molecular flexibility index (Phi) is 4.66. The minimum absolute atomic E-state index is 0.0563. The van der Waals surface area contributed by atoms with E-state index >= 15 is 0 Å². The van der Waals surface area contributed by atoms with Crippen LogP contribution in [0.3, 0.4) is 0 Å². The molecule has 1 saturated heterocycles. The van der Waals surface area contributed by atoms with Crippen LogP contribution in [-0.4, -0.2) is 60.3 Å². The van der Waals surface area contributed by atoms with E-state index < -0.39 is 17.9 Å². The van der Waals surface area contributed by atoms with E-state index in [4.69, 9.17) is 14.5 Å². The Labute approximate surface area is 140 Å². The van der Waals surface area contributed by atoms with Crippen molar-refractivity contribution < 1.29 is 29.2 Å². The molecule has 1 aromatic rings. The molecule has 2 aliphatic heterocycles. The van der Waals surface area contributed by atoms with Gasteiger partial charge in [-0.1, -0.05) is 13.0 Å².